The van der Waals surface area contributed by atoms with Gasteiger partial charge in [0.05, 0.1) is 22.7 Å². The molecule has 0 radical (unpaired) electrons. The average molecular weight is 252 g/mol. The second-order valence-corrected chi connectivity index (χ2v) is 5.01. The third kappa shape index (κ3) is 2.05. The summed E-state index contributed by atoms with van der Waals surface area (Å²) < 4.78 is 5.81. The molecular weight excluding hydrogens is 238 g/mol. The summed E-state index contributed by atoms with van der Waals surface area (Å²) in [6.07, 6.45) is 2.13. The highest BCUT2D eigenvalue weighted by atomic mass is 35.5. The zero-order valence-electron chi connectivity index (χ0n) is 9.34. The lowest BCUT2D eigenvalue weighted by Crippen LogP contribution is -2.33. The van der Waals surface area contributed by atoms with Crippen LogP contribution in [0.2, 0.25) is 5.02 Å². The molecule has 0 bridgehead atoms. The van der Waals surface area contributed by atoms with E-state index in [0.717, 1.165) is 18.4 Å². The van der Waals surface area contributed by atoms with Crippen LogP contribution in [0.1, 0.15) is 24.8 Å². The van der Waals surface area contributed by atoms with Gasteiger partial charge in [0, 0.05) is 6.42 Å². The third-order valence-electron chi connectivity index (χ3n) is 3.38. The Morgan fingerprint density at radius 2 is 2.12 bits per heavy atom. The van der Waals surface area contributed by atoms with Crippen molar-refractivity contribution in [1.82, 2.24) is 0 Å². The van der Waals surface area contributed by atoms with Crippen LogP contribution in [0, 0.1) is 0 Å². The smallest absolute Gasteiger partial charge is 0.218 e. The number of aliphatic hydroxyl groups is 1. The number of aliphatic imine (C=N–C) groups is 1. The van der Waals surface area contributed by atoms with Crippen molar-refractivity contribution in [3.63, 3.8) is 0 Å². The van der Waals surface area contributed by atoms with E-state index in [9.17, 15) is 5.11 Å². The normalized spacial score (nSPS) is 31.6. The minimum absolute atomic E-state index is 0.0185. The summed E-state index contributed by atoms with van der Waals surface area (Å²) >= 11 is 6.12. The van der Waals surface area contributed by atoms with Crippen LogP contribution in [-0.4, -0.2) is 29.3 Å². The van der Waals surface area contributed by atoms with Gasteiger partial charge >= 0.3 is 0 Å². The number of nitrogens with zero attached hydrogens (tertiary/aromatic N) is 1. The van der Waals surface area contributed by atoms with Crippen LogP contribution in [0.5, 0.6) is 0 Å². The van der Waals surface area contributed by atoms with E-state index < -0.39 is 0 Å². The molecule has 0 spiro atoms. The summed E-state index contributed by atoms with van der Waals surface area (Å²) in [5.74, 6) is 0.625. The summed E-state index contributed by atoms with van der Waals surface area (Å²) in [7, 11) is 0. The van der Waals surface area contributed by atoms with Gasteiger partial charge < -0.3 is 9.84 Å². The van der Waals surface area contributed by atoms with Crippen molar-refractivity contribution in [3.8, 4) is 0 Å². The largest absolute Gasteiger partial charge is 0.472 e. The fraction of sp³-hybridized carbons (Fsp3) is 0.462. The molecule has 1 aliphatic heterocycles. The lowest BCUT2D eigenvalue weighted by molar-refractivity contribution is 0.0507. The highest BCUT2D eigenvalue weighted by Gasteiger charge is 2.37. The number of ether oxygens (including phenoxy) is 1. The summed E-state index contributed by atoms with van der Waals surface area (Å²) in [6.45, 7) is 0. The molecule has 2 aliphatic rings. The summed E-state index contributed by atoms with van der Waals surface area (Å²) in [5.41, 5.74) is 0.845. The average Bonchev–Trinajstić information content (AvgIpc) is 2.72. The first-order chi connectivity index (χ1) is 8.24. The summed E-state index contributed by atoms with van der Waals surface area (Å²) in [4.78, 5) is 4.57. The van der Waals surface area contributed by atoms with E-state index in [1.54, 1.807) is 0 Å². The van der Waals surface area contributed by atoms with E-state index in [1.165, 1.54) is 0 Å². The molecule has 3 atom stereocenters. The van der Waals surface area contributed by atoms with E-state index in [2.05, 4.69) is 4.99 Å². The second kappa shape index (κ2) is 4.31. The first kappa shape index (κ1) is 11.1. The van der Waals surface area contributed by atoms with Gasteiger partial charge in [0.15, 0.2) is 0 Å². The fourth-order valence-corrected chi connectivity index (χ4v) is 2.68. The molecule has 1 N–H and O–H groups in total. The molecule has 1 heterocycles. The number of halogens is 1. The maximum Gasteiger partial charge on any atom is 0.218 e. The highest BCUT2D eigenvalue weighted by Crippen LogP contribution is 2.31. The Balaban J connectivity index is 1.85. The maximum atomic E-state index is 9.61. The minimum atomic E-state index is -0.253. The number of hydrogen-bond acceptors (Lipinski definition) is 3. The predicted molar refractivity (Wildman–Crippen MR) is 66.5 cm³/mol. The molecule has 17 heavy (non-hydrogen) atoms. The van der Waals surface area contributed by atoms with Gasteiger partial charge in [-0.25, -0.2) is 4.99 Å². The monoisotopic (exact) mass is 251 g/mol. The fourth-order valence-electron chi connectivity index (χ4n) is 2.46. The van der Waals surface area contributed by atoms with Crippen LogP contribution >= 0.6 is 11.6 Å². The first-order valence-electron chi connectivity index (χ1n) is 5.91. The van der Waals surface area contributed by atoms with Gasteiger partial charge in [0.2, 0.25) is 5.90 Å². The molecule has 0 saturated heterocycles. The van der Waals surface area contributed by atoms with E-state index in [1.807, 2.05) is 24.3 Å². The zero-order chi connectivity index (χ0) is 11.8. The second-order valence-electron chi connectivity index (χ2n) is 4.60. The van der Waals surface area contributed by atoms with Crippen LogP contribution in [0.15, 0.2) is 29.3 Å². The van der Waals surface area contributed by atoms with Crippen molar-refractivity contribution in [2.75, 3.05) is 0 Å². The van der Waals surface area contributed by atoms with Crippen molar-refractivity contribution < 1.29 is 9.84 Å². The van der Waals surface area contributed by atoms with Gasteiger partial charge in [-0.2, -0.15) is 0 Å². The number of benzene rings is 1. The Hall–Kier alpha value is -1.06. The van der Waals surface area contributed by atoms with Crippen molar-refractivity contribution >= 4 is 17.5 Å². The Morgan fingerprint density at radius 3 is 2.94 bits per heavy atom. The van der Waals surface area contributed by atoms with Crippen molar-refractivity contribution in [3.05, 3.63) is 34.9 Å². The highest BCUT2D eigenvalue weighted by molar-refractivity contribution is 6.33. The van der Waals surface area contributed by atoms with Crippen molar-refractivity contribution in [2.24, 2.45) is 4.99 Å². The SMILES string of the molecule is OC1CCC2N=C(c3ccccc3Cl)OC2C1. The van der Waals surface area contributed by atoms with Gasteiger partial charge in [-0.05, 0) is 25.0 Å². The van der Waals surface area contributed by atoms with Crippen molar-refractivity contribution in [2.45, 2.75) is 37.5 Å². The topological polar surface area (TPSA) is 41.8 Å². The third-order valence-corrected chi connectivity index (χ3v) is 3.71. The molecule has 1 fully saturated rings. The molecule has 3 rings (SSSR count). The predicted octanol–water partition coefficient (Wildman–Crippen LogP) is 2.40. The standard InChI is InChI=1S/C13H14ClNO2/c14-10-4-2-1-3-9(10)13-15-11-6-5-8(16)7-12(11)17-13/h1-4,8,11-12,16H,5-7H2. The van der Waals surface area contributed by atoms with Crippen LogP contribution in [0.25, 0.3) is 0 Å². The van der Waals surface area contributed by atoms with Crippen molar-refractivity contribution in [1.29, 1.82) is 0 Å². The molecule has 1 aliphatic carbocycles. The molecule has 4 heteroatoms. The van der Waals surface area contributed by atoms with E-state index >= 15 is 0 Å². The van der Waals surface area contributed by atoms with Crippen LogP contribution in [0.4, 0.5) is 0 Å². The summed E-state index contributed by atoms with van der Waals surface area (Å²) in [6, 6.07) is 7.74. The number of aliphatic hydroxyl groups excluding tert-OH is 1. The molecule has 3 nitrogen and oxygen atoms in total. The van der Waals surface area contributed by atoms with Gasteiger partial charge in [-0.3, -0.25) is 0 Å². The summed E-state index contributed by atoms with van der Waals surface area (Å²) in [5, 5.41) is 10.3. The number of fused-ring (bicyclic) bond motifs is 1. The molecular formula is C13H14ClNO2. The Morgan fingerprint density at radius 1 is 1.29 bits per heavy atom. The van der Waals surface area contributed by atoms with Crippen LogP contribution in [0.3, 0.4) is 0 Å². The Labute approximate surface area is 105 Å². The van der Waals surface area contributed by atoms with E-state index in [4.69, 9.17) is 16.3 Å². The molecule has 90 valence electrons. The van der Waals surface area contributed by atoms with Gasteiger partial charge in [-0.1, -0.05) is 23.7 Å². The Kier molecular flexibility index (Phi) is 2.81. The van der Waals surface area contributed by atoms with Gasteiger partial charge in [-0.15, -0.1) is 0 Å². The molecule has 1 aromatic carbocycles. The van der Waals surface area contributed by atoms with Gasteiger partial charge in [0.25, 0.3) is 0 Å². The lowest BCUT2D eigenvalue weighted by atomic mass is 9.91. The molecule has 0 aromatic heterocycles. The molecule has 0 amide bonds. The van der Waals surface area contributed by atoms with Crippen LogP contribution in [-0.2, 0) is 4.74 Å². The Bertz CT molecular complexity index is 460. The lowest BCUT2D eigenvalue weighted by Gasteiger charge is -2.26. The number of hydrogen-bond donors (Lipinski definition) is 1. The maximum absolute atomic E-state index is 9.61. The molecule has 1 saturated carbocycles. The first-order valence-corrected chi connectivity index (χ1v) is 6.29. The van der Waals surface area contributed by atoms with E-state index in [0.29, 0.717) is 17.3 Å². The van der Waals surface area contributed by atoms with Crippen LogP contribution < -0.4 is 0 Å². The molecule has 1 aromatic rings. The zero-order valence-corrected chi connectivity index (χ0v) is 10.1. The molecule has 3 unspecified atom stereocenters. The number of rotatable bonds is 1. The minimum Gasteiger partial charge on any atom is -0.472 e. The van der Waals surface area contributed by atoms with E-state index in [-0.39, 0.29) is 18.2 Å². The quantitative estimate of drug-likeness (QED) is 0.833. The van der Waals surface area contributed by atoms with Gasteiger partial charge in [0.1, 0.15) is 6.10 Å².